The van der Waals surface area contributed by atoms with Gasteiger partial charge in [-0.3, -0.25) is 4.68 Å². The molecule has 1 heterocycles. The molecule has 0 bridgehead atoms. The lowest BCUT2D eigenvalue weighted by Gasteiger charge is -2.06. The highest BCUT2D eigenvalue weighted by atomic mass is 35.5. The largest absolute Gasteiger partial charge is 0.494 e. The number of carbonyl (C=O) groups is 1. The van der Waals surface area contributed by atoms with Gasteiger partial charge in [0.05, 0.1) is 12.3 Å². The summed E-state index contributed by atoms with van der Waals surface area (Å²) >= 11 is 6.08. The third-order valence-electron chi connectivity index (χ3n) is 3.04. The Bertz CT molecular complexity index is 611. The molecule has 1 aromatic heterocycles. The molecule has 1 aromatic carbocycles. The number of hydrogen-bond acceptors (Lipinski definition) is 3. The van der Waals surface area contributed by atoms with Crippen LogP contribution < -0.4 is 4.74 Å². The second-order valence-electron chi connectivity index (χ2n) is 4.51. The van der Waals surface area contributed by atoms with Crippen molar-refractivity contribution in [3.8, 4) is 5.75 Å². The standard InChI is InChI=1S/C15H17ClN2O3/c1-2-12-13(15(19)20)14(16)18(17-12)9-6-10-21-11-7-4-3-5-8-11/h3-5,7-8H,2,6,9-10H2,1H3,(H,19,20). The Balaban J connectivity index is 1.93. The van der Waals surface area contributed by atoms with Gasteiger partial charge in [-0.1, -0.05) is 36.7 Å². The molecule has 6 heteroatoms. The molecule has 21 heavy (non-hydrogen) atoms. The predicted octanol–water partition coefficient (Wildman–Crippen LogP) is 3.27. The summed E-state index contributed by atoms with van der Waals surface area (Å²) in [6, 6.07) is 9.52. The zero-order valence-electron chi connectivity index (χ0n) is 11.8. The third kappa shape index (κ3) is 3.76. The Morgan fingerprint density at radius 2 is 2.10 bits per heavy atom. The van der Waals surface area contributed by atoms with Crippen LogP contribution >= 0.6 is 11.6 Å². The summed E-state index contributed by atoms with van der Waals surface area (Å²) in [4.78, 5) is 11.2. The van der Waals surface area contributed by atoms with Crippen LogP contribution in [0.25, 0.3) is 0 Å². The molecule has 1 N–H and O–H groups in total. The van der Waals surface area contributed by atoms with Crippen LogP contribution in [0.3, 0.4) is 0 Å². The fourth-order valence-electron chi connectivity index (χ4n) is 2.02. The lowest BCUT2D eigenvalue weighted by atomic mass is 10.2. The number of halogens is 1. The first-order valence-corrected chi connectivity index (χ1v) is 7.17. The number of benzene rings is 1. The van der Waals surface area contributed by atoms with Gasteiger partial charge in [0.25, 0.3) is 0 Å². The summed E-state index contributed by atoms with van der Waals surface area (Å²) in [6.07, 6.45) is 1.23. The minimum absolute atomic E-state index is 0.100. The normalized spacial score (nSPS) is 10.6. The number of carboxylic acids is 1. The van der Waals surface area contributed by atoms with E-state index in [9.17, 15) is 4.79 Å². The minimum Gasteiger partial charge on any atom is -0.494 e. The highest BCUT2D eigenvalue weighted by molar-refractivity contribution is 6.32. The highest BCUT2D eigenvalue weighted by Gasteiger charge is 2.20. The maximum atomic E-state index is 11.2. The van der Waals surface area contributed by atoms with Crippen LogP contribution in [0.5, 0.6) is 5.75 Å². The number of aromatic carboxylic acids is 1. The third-order valence-corrected chi connectivity index (χ3v) is 3.42. The number of hydrogen-bond donors (Lipinski definition) is 1. The van der Waals surface area contributed by atoms with Crippen molar-refractivity contribution < 1.29 is 14.6 Å². The molecule has 112 valence electrons. The van der Waals surface area contributed by atoms with Crippen LogP contribution in [0.4, 0.5) is 0 Å². The lowest BCUT2D eigenvalue weighted by Crippen LogP contribution is -2.06. The van der Waals surface area contributed by atoms with Crippen molar-refractivity contribution >= 4 is 17.6 Å². The van der Waals surface area contributed by atoms with Crippen molar-refractivity contribution in [1.82, 2.24) is 9.78 Å². The van der Waals surface area contributed by atoms with Gasteiger partial charge in [-0.15, -0.1) is 0 Å². The second-order valence-corrected chi connectivity index (χ2v) is 4.87. The first-order chi connectivity index (χ1) is 10.1. The minimum atomic E-state index is -1.04. The van der Waals surface area contributed by atoms with Gasteiger partial charge in [0, 0.05) is 13.0 Å². The van der Waals surface area contributed by atoms with E-state index >= 15 is 0 Å². The quantitative estimate of drug-likeness (QED) is 0.797. The van der Waals surface area contributed by atoms with Crippen molar-refractivity contribution in [2.45, 2.75) is 26.3 Å². The summed E-state index contributed by atoms with van der Waals surface area (Å²) in [5, 5.41) is 13.6. The van der Waals surface area contributed by atoms with E-state index in [4.69, 9.17) is 21.4 Å². The average Bonchev–Trinajstić information content (AvgIpc) is 2.81. The molecule has 2 rings (SSSR count). The van der Waals surface area contributed by atoms with Crippen molar-refractivity contribution in [3.63, 3.8) is 0 Å². The molecule has 0 aliphatic carbocycles. The van der Waals surface area contributed by atoms with Gasteiger partial charge < -0.3 is 9.84 Å². The Hall–Kier alpha value is -2.01. The van der Waals surface area contributed by atoms with Gasteiger partial charge in [-0.05, 0) is 18.6 Å². The van der Waals surface area contributed by atoms with E-state index in [-0.39, 0.29) is 10.7 Å². The van der Waals surface area contributed by atoms with E-state index in [2.05, 4.69) is 5.10 Å². The van der Waals surface area contributed by atoms with Gasteiger partial charge in [0.2, 0.25) is 0 Å². The molecular formula is C15H17ClN2O3. The van der Waals surface area contributed by atoms with Gasteiger partial charge in [0.1, 0.15) is 16.5 Å². The lowest BCUT2D eigenvalue weighted by molar-refractivity contribution is 0.0696. The molecule has 0 saturated carbocycles. The van der Waals surface area contributed by atoms with Gasteiger partial charge >= 0.3 is 5.97 Å². The summed E-state index contributed by atoms with van der Waals surface area (Å²) in [7, 11) is 0. The van der Waals surface area contributed by atoms with Crippen molar-refractivity contribution in [2.75, 3.05) is 6.61 Å². The zero-order valence-corrected chi connectivity index (χ0v) is 12.5. The molecule has 5 nitrogen and oxygen atoms in total. The van der Waals surface area contributed by atoms with Crippen LogP contribution in [0.15, 0.2) is 30.3 Å². The van der Waals surface area contributed by atoms with Gasteiger partial charge in [-0.2, -0.15) is 5.10 Å². The van der Waals surface area contributed by atoms with E-state index in [0.717, 1.165) is 5.75 Å². The van der Waals surface area contributed by atoms with Gasteiger partial charge in [0.15, 0.2) is 0 Å². The van der Waals surface area contributed by atoms with Crippen LogP contribution in [0.2, 0.25) is 5.15 Å². The molecule has 0 aliphatic heterocycles. The summed E-state index contributed by atoms with van der Waals surface area (Å²) in [5.41, 5.74) is 0.611. The monoisotopic (exact) mass is 308 g/mol. The smallest absolute Gasteiger partial charge is 0.340 e. The number of nitrogens with zero attached hydrogens (tertiary/aromatic N) is 2. The average molecular weight is 309 g/mol. The maximum Gasteiger partial charge on any atom is 0.340 e. The molecule has 0 fully saturated rings. The number of aromatic nitrogens is 2. The van der Waals surface area contributed by atoms with Crippen LogP contribution in [0, 0.1) is 0 Å². The van der Waals surface area contributed by atoms with E-state index in [1.54, 1.807) is 0 Å². The van der Waals surface area contributed by atoms with E-state index in [0.29, 0.717) is 31.7 Å². The maximum absolute atomic E-state index is 11.2. The van der Waals surface area contributed by atoms with E-state index in [1.807, 2.05) is 37.3 Å². The number of aryl methyl sites for hydroxylation is 2. The second kappa shape index (κ2) is 7.13. The molecule has 0 saturated heterocycles. The molecule has 0 radical (unpaired) electrons. The highest BCUT2D eigenvalue weighted by Crippen LogP contribution is 2.21. The zero-order chi connectivity index (χ0) is 15.2. The Kier molecular flexibility index (Phi) is 5.22. The Labute approximate surface area is 128 Å². The topological polar surface area (TPSA) is 64.4 Å². The number of ether oxygens (including phenoxy) is 1. The van der Waals surface area contributed by atoms with Crippen molar-refractivity contribution in [3.05, 3.63) is 46.7 Å². The van der Waals surface area contributed by atoms with Crippen LogP contribution in [0.1, 0.15) is 29.4 Å². The molecular weight excluding hydrogens is 292 g/mol. The molecule has 0 aliphatic rings. The summed E-state index contributed by atoms with van der Waals surface area (Å²) in [5.74, 6) is -0.229. The van der Waals surface area contributed by atoms with Gasteiger partial charge in [-0.25, -0.2) is 4.79 Å². The molecule has 0 unspecified atom stereocenters. The first kappa shape index (κ1) is 15.4. The van der Waals surface area contributed by atoms with Crippen LogP contribution in [-0.4, -0.2) is 27.5 Å². The fourth-order valence-corrected chi connectivity index (χ4v) is 2.33. The Morgan fingerprint density at radius 1 is 1.38 bits per heavy atom. The number of para-hydroxylation sites is 1. The predicted molar refractivity (Wildman–Crippen MR) is 80.1 cm³/mol. The van der Waals surface area contributed by atoms with Crippen molar-refractivity contribution in [1.29, 1.82) is 0 Å². The Morgan fingerprint density at radius 3 is 2.67 bits per heavy atom. The van der Waals surface area contributed by atoms with E-state index in [1.165, 1.54) is 4.68 Å². The molecule has 0 spiro atoms. The van der Waals surface area contributed by atoms with E-state index < -0.39 is 5.97 Å². The first-order valence-electron chi connectivity index (χ1n) is 6.79. The fraction of sp³-hybridized carbons (Fsp3) is 0.333. The SMILES string of the molecule is CCc1nn(CCCOc2ccccc2)c(Cl)c1C(=O)O. The number of carboxylic acid groups (broad SMARTS) is 1. The molecule has 0 amide bonds. The summed E-state index contributed by atoms with van der Waals surface area (Å²) < 4.78 is 7.10. The number of rotatable bonds is 7. The molecule has 0 atom stereocenters. The summed E-state index contributed by atoms with van der Waals surface area (Å²) in [6.45, 7) is 2.89. The van der Waals surface area contributed by atoms with Crippen molar-refractivity contribution in [2.24, 2.45) is 0 Å². The molecule has 2 aromatic rings. The van der Waals surface area contributed by atoms with Crippen LogP contribution in [-0.2, 0) is 13.0 Å².